The van der Waals surface area contributed by atoms with Gasteiger partial charge in [-0.15, -0.1) is 0 Å². The summed E-state index contributed by atoms with van der Waals surface area (Å²) in [7, 11) is 2.42. The molecular weight excluding hydrogens is 228 g/mol. The highest BCUT2D eigenvalue weighted by Crippen LogP contribution is 2.29. The Bertz CT molecular complexity index is 518. The summed E-state index contributed by atoms with van der Waals surface area (Å²) in [4.78, 5) is 21.4. The summed E-state index contributed by atoms with van der Waals surface area (Å²) < 4.78 is 9.26. The summed E-state index contributed by atoms with van der Waals surface area (Å²) in [5.74, 6) is -0.723. The third-order valence-corrected chi connectivity index (χ3v) is 2.03. The Morgan fingerprint density at radius 1 is 1.47 bits per heavy atom. The zero-order chi connectivity index (χ0) is 13.0. The SMILES string of the molecule is COC(=O)c1cc(OC)cc(C#N)c1[N+](=O)[O-]. The van der Waals surface area contributed by atoms with Crippen LogP contribution in [0.3, 0.4) is 0 Å². The van der Waals surface area contributed by atoms with Crippen LogP contribution in [0.5, 0.6) is 5.75 Å². The van der Waals surface area contributed by atoms with Crippen LogP contribution in [-0.2, 0) is 4.74 Å². The summed E-state index contributed by atoms with van der Waals surface area (Å²) in [6.45, 7) is 0. The topological polar surface area (TPSA) is 102 Å². The van der Waals surface area contributed by atoms with Crippen LogP contribution in [-0.4, -0.2) is 25.1 Å². The lowest BCUT2D eigenvalue weighted by Gasteiger charge is -2.05. The molecule has 0 aliphatic heterocycles. The fraction of sp³-hybridized carbons (Fsp3) is 0.200. The molecule has 1 aromatic rings. The molecule has 0 atom stereocenters. The van der Waals surface area contributed by atoms with Crippen molar-refractivity contribution < 1.29 is 19.2 Å². The Morgan fingerprint density at radius 3 is 2.53 bits per heavy atom. The molecule has 0 spiro atoms. The van der Waals surface area contributed by atoms with Crippen LogP contribution in [0.25, 0.3) is 0 Å². The maximum Gasteiger partial charge on any atom is 0.345 e. The van der Waals surface area contributed by atoms with E-state index in [2.05, 4.69) is 4.74 Å². The quantitative estimate of drug-likeness (QED) is 0.444. The van der Waals surface area contributed by atoms with Gasteiger partial charge in [0.2, 0.25) is 0 Å². The molecule has 0 aliphatic carbocycles. The first-order chi connectivity index (χ1) is 8.04. The molecule has 0 aromatic heterocycles. The third kappa shape index (κ3) is 2.31. The van der Waals surface area contributed by atoms with Crippen LogP contribution in [0.2, 0.25) is 0 Å². The minimum atomic E-state index is -0.896. The van der Waals surface area contributed by atoms with Crippen molar-refractivity contribution in [1.82, 2.24) is 0 Å². The van der Waals surface area contributed by atoms with Crippen LogP contribution >= 0.6 is 0 Å². The molecule has 7 heteroatoms. The molecule has 88 valence electrons. The van der Waals surface area contributed by atoms with Gasteiger partial charge in [-0.2, -0.15) is 5.26 Å². The maximum absolute atomic E-state index is 11.4. The van der Waals surface area contributed by atoms with Crippen LogP contribution in [0.15, 0.2) is 12.1 Å². The van der Waals surface area contributed by atoms with E-state index in [9.17, 15) is 14.9 Å². The van der Waals surface area contributed by atoms with Crippen molar-refractivity contribution in [3.63, 3.8) is 0 Å². The number of nitro benzene ring substituents is 1. The summed E-state index contributed by atoms with van der Waals surface area (Å²) in [6.07, 6.45) is 0. The Morgan fingerprint density at radius 2 is 2.12 bits per heavy atom. The molecule has 0 heterocycles. The van der Waals surface area contributed by atoms with E-state index in [0.717, 1.165) is 13.2 Å². The first-order valence-electron chi connectivity index (χ1n) is 4.40. The summed E-state index contributed by atoms with van der Waals surface area (Å²) in [5.41, 5.74) is -1.15. The van der Waals surface area contributed by atoms with Gasteiger partial charge in [-0.05, 0) is 0 Å². The molecule has 0 amide bonds. The smallest absolute Gasteiger partial charge is 0.345 e. The first kappa shape index (κ1) is 12.4. The monoisotopic (exact) mass is 236 g/mol. The zero-order valence-corrected chi connectivity index (χ0v) is 9.09. The van der Waals surface area contributed by atoms with Crippen molar-refractivity contribution >= 4 is 11.7 Å². The fourth-order valence-corrected chi connectivity index (χ4v) is 1.27. The van der Waals surface area contributed by atoms with Gasteiger partial charge < -0.3 is 9.47 Å². The number of nitro groups is 1. The molecule has 7 nitrogen and oxygen atoms in total. The number of rotatable bonds is 3. The minimum absolute atomic E-state index is 0.174. The van der Waals surface area contributed by atoms with Crippen LogP contribution in [0.1, 0.15) is 15.9 Å². The molecule has 0 saturated heterocycles. The number of hydrogen-bond acceptors (Lipinski definition) is 6. The van der Waals surface area contributed by atoms with E-state index in [1.165, 1.54) is 13.2 Å². The number of methoxy groups -OCH3 is 2. The highest BCUT2D eigenvalue weighted by molar-refractivity contribution is 5.95. The highest BCUT2D eigenvalue weighted by Gasteiger charge is 2.27. The molecule has 0 radical (unpaired) electrons. The highest BCUT2D eigenvalue weighted by atomic mass is 16.6. The normalized spacial score (nSPS) is 9.24. The summed E-state index contributed by atoms with van der Waals surface area (Å²) in [5, 5.41) is 19.6. The second-order valence-electron chi connectivity index (χ2n) is 2.93. The molecule has 1 rings (SSSR count). The largest absolute Gasteiger partial charge is 0.497 e. The summed E-state index contributed by atoms with van der Waals surface area (Å²) in [6, 6.07) is 3.98. The number of benzene rings is 1. The van der Waals surface area contributed by atoms with Gasteiger partial charge in [-0.25, -0.2) is 4.79 Å². The predicted octanol–water partition coefficient (Wildman–Crippen LogP) is 1.26. The summed E-state index contributed by atoms with van der Waals surface area (Å²) >= 11 is 0. The Kier molecular flexibility index (Phi) is 3.62. The van der Waals surface area contributed by atoms with E-state index in [1.807, 2.05) is 0 Å². The number of carbonyl (C=O) groups excluding carboxylic acids is 1. The van der Waals surface area contributed by atoms with E-state index >= 15 is 0 Å². The van der Waals surface area contributed by atoms with Crippen molar-refractivity contribution in [3.05, 3.63) is 33.4 Å². The molecule has 1 aromatic carbocycles. The standard InChI is InChI=1S/C10H8N2O5/c1-16-7-3-6(5-11)9(12(14)15)8(4-7)10(13)17-2/h3-4H,1-2H3. The lowest BCUT2D eigenvalue weighted by Crippen LogP contribution is -2.08. The molecule has 0 bridgehead atoms. The fourth-order valence-electron chi connectivity index (χ4n) is 1.27. The number of hydrogen-bond donors (Lipinski definition) is 0. The Balaban J connectivity index is 3.59. The van der Waals surface area contributed by atoms with Gasteiger partial charge in [0, 0.05) is 12.1 Å². The van der Waals surface area contributed by atoms with E-state index in [4.69, 9.17) is 10.00 Å². The van der Waals surface area contributed by atoms with E-state index in [-0.39, 0.29) is 16.9 Å². The van der Waals surface area contributed by atoms with Crippen molar-refractivity contribution in [2.45, 2.75) is 0 Å². The minimum Gasteiger partial charge on any atom is -0.497 e. The van der Waals surface area contributed by atoms with Gasteiger partial charge in [-0.3, -0.25) is 10.1 Å². The van der Waals surface area contributed by atoms with Gasteiger partial charge in [0.05, 0.1) is 19.1 Å². The van der Waals surface area contributed by atoms with Gasteiger partial charge in [0.15, 0.2) is 0 Å². The Labute approximate surface area is 96.3 Å². The molecule has 0 unspecified atom stereocenters. The molecule has 0 saturated carbocycles. The van der Waals surface area contributed by atoms with E-state index in [0.29, 0.717) is 0 Å². The average molecular weight is 236 g/mol. The number of nitrogens with zero attached hydrogens (tertiary/aromatic N) is 2. The molecule has 0 N–H and O–H groups in total. The van der Waals surface area contributed by atoms with Crippen LogP contribution in [0.4, 0.5) is 5.69 Å². The number of esters is 1. The lowest BCUT2D eigenvalue weighted by atomic mass is 10.1. The van der Waals surface area contributed by atoms with Crippen molar-refractivity contribution in [2.75, 3.05) is 14.2 Å². The van der Waals surface area contributed by atoms with Crippen LogP contribution < -0.4 is 4.74 Å². The van der Waals surface area contributed by atoms with Gasteiger partial charge in [0.25, 0.3) is 0 Å². The molecular formula is C10H8N2O5. The van der Waals surface area contributed by atoms with E-state index < -0.39 is 16.6 Å². The molecule has 17 heavy (non-hydrogen) atoms. The lowest BCUT2D eigenvalue weighted by molar-refractivity contribution is -0.385. The Hall–Kier alpha value is -2.62. The molecule has 0 fully saturated rings. The van der Waals surface area contributed by atoms with Crippen molar-refractivity contribution in [3.8, 4) is 11.8 Å². The second-order valence-corrected chi connectivity index (χ2v) is 2.93. The van der Waals surface area contributed by atoms with Crippen LogP contribution in [0, 0.1) is 21.4 Å². The number of ether oxygens (including phenoxy) is 2. The number of carbonyl (C=O) groups is 1. The molecule has 0 aliphatic rings. The zero-order valence-electron chi connectivity index (χ0n) is 9.09. The van der Waals surface area contributed by atoms with E-state index in [1.54, 1.807) is 6.07 Å². The number of nitriles is 1. The average Bonchev–Trinajstić information content (AvgIpc) is 2.35. The first-order valence-corrected chi connectivity index (χ1v) is 4.40. The maximum atomic E-state index is 11.4. The van der Waals surface area contributed by atoms with Gasteiger partial charge in [-0.1, -0.05) is 0 Å². The van der Waals surface area contributed by atoms with Crippen molar-refractivity contribution in [2.24, 2.45) is 0 Å². The second kappa shape index (κ2) is 4.94. The van der Waals surface area contributed by atoms with Gasteiger partial charge >= 0.3 is 11.7 Å². The third-order valence-electron chi connectivity index (χ3n) is 2.03. The predicted molar refractivity (Wildman–Crippen MR) is 55.7 cm³/mol. The van der Waals surface area contributed by atoms with Gasteiger partial charge in [0.1, 0.15) is 22.9 Å². The van der Waals surface area contributed by atoms with Crippen molar-refractivity contribution in [1.29, 1.82) is 5.26 Å².